The van der Waals surface area contributed by atoms with E-state index in [1.165, 1.54) is 12.1 Å². The maximum Gasteiger partial charge on any atom is 0.405 e. The normalized spacial score (nSPS) is 16.7. The number of rotatable bonds is 2. The minimum absolute atomic E-state index is 0.304. The van der Waals surface area contributed by atoms with Gasteiger partial charge < -0.3 is 15.2 Å². The lowest BCUT2D eigenvalue weighted by Crippen LogP contribution is -2.30. The molecule has 5 heteroatoms. The van der Waals surface area contributed by atoms with Crippen molar-refractivity contribution in [3.05, 3.63) is 53.8 Å². The SMILES string of the molecule is O=C(O)NC1CCOc2ccc(-c3cccc(F)c3)cc21. The smallest absolute Gasteiger partial charge is 0.405 e. The Balaban J connectivity index is 2.00. The summed E-state index contributed by atoms with van der Waals surface area (Å²) in [6.45, 7) is 0.470. The number of carboxylic acid groups (broad SMARTS) is 1. The Kier molecular flexibility index (Phi) is 3.48. The lowest BCUT2D eigenvalue weighted by Gasteiger charge is -2.26. The largest absolute Gasteiger partial charge is 0.493 e. The predicted octanol–water partition coefficient (Wildman–Crippen LogP) is 3.58. The Morgan fingerprint density at radius 1 is 1.24 bits per heavy atom. The molecule has 1 amide bonds. The van der Waals surface area contributed by atoms with Gasteiger partial charge in [-0.25, -0.2) is 9.18 Å². The predicted molar refractivity (Wildman–Crippen MR) is 75.8 cm³/mol. The highest BCUT2D eigenvalue weighted by atomic mass is 19.1. The third-order valence-electron chi connectivity index (χ3n) is 3.50. The van der Waals surface area contributed by atoms with Gasteiger partial charge in [-0.3, -0.25) is 0 Å². The van der Waals surface area contributed by atoms with Gasteiger partial charge in [-0.2, -0.15) is 0 Å². The van der Waals surface area contributed by atoms with Crippen molar-refractivity contribution in [2.24, 2.45) is 0 Å². The summed E-state index contributed by atoms with van der Waals surface area (Å²) >= 11 is 0. The van der Waals surface area contributed by atoms with Crippen molar-refractivity contribution in [2.75, 3.05) is 6.61 Å². The highest BCUT2D eigenvalue weighted by Gasteiger charge is 2.23. The van der Waals surface area contributed by atoms with E-state index in [9.17, 15) is 9.18 Å². The van der Waals surface area contributed by atoms with Crippen molar-refractivity contribution in [1.29, 1.82) is 0 Å². The van der Waals surface area contributed by atoms with Gasteiger partial charge in [-0.1, -0.05) is 18.2 Å². The Morgan fingerprint density at radius 3 is 2.81 bits per heavy atom. The summed E-state index contributed by atoms with van der Waals surface area (Å²) in [5.41, 5.74) is 2.36. The Labute approximate surface area is 121 Å². The van der Waals surface area contributed by atoms with Crippen molar-refractivity contribution >= 4 is 6.09 Å². The van der Waals surface area contributed by atoms with E-state index in [1.54, 1.807) is 12.1 Å². The second-order valence-electron chi connectivity index (χ2n) is 4.90. The molecule has 1 heterocycles. The molecule has 3 rings (SSSR count). The van der Waals surface area contributed by atoms with Gasteiger partial charge in [0.1, 0.15) is 11.6 Å². The molecule has 0 saturated carbocycles. The van der Waals surface area contributed by atoms with Gasteiger partial charge in [-0.15, -0.1) is 0 Å². The van der Waals surface area contributed by atoms with Gasteiger partial charge in [0.15, 0.2) is 0 Å². The molecular weight excluding hydrogens is 273 g/mol. The van der Waals surface area contributed by atoms with Crippen LogP contribution in [0.5, 0.6) is 5.75 Å². The Morgan fingerprint density at radius 2 is 2.05 bits per heavy atom. The standard InChI is InChI=1S/C16H14FNO3/c17-12-3-1-2-10(8-12)11-4-5-15-13(9-11)14(6-7-21-15)18-16(19)20/h1-5,8-9,14,18H,6-7H2,(H,19,20). The Bertz CT molecular complexity index is 687. The number of amides is 1. The first kappa shape index (κ1) is 13.4. The zero-order chi connectivity index (χ0) is 14.8. The third-order valence-corrected chi connectivity index (χ3v) is 3.50. The number of ether oxygens (including phenoxy) is 1. The van der Waals surface area contributed by atoms with Crippen LogP contribution in [0, 0.1) is 5.82 Å². The van der Waals surface area contributed by atoms with Crippen LogP contribution in [0.4, 0.5) is 9.18 Å². The minimum atomic E-state index is -1.07. The minimum Gasteiger partial charge on any atom is -0.493 e. The molecule has 1 aliphatic heterocycles. The fourth-order valence-electron chi connectivity index (χ4n) is 2.54. The summed E-state index contributed by atoms with van der Waals surface area (Å²) in [7, 11) is 0. The van der Waals surface area contributed by atoms with Gasteiger partial charge in [0.2, 0.25) is 0 Å². The van der Waals surface area contributed by atoms with E-state index in [0.29, 0.717) is 18.8 Å². The molecule has 1 unspecified atom stereocenters. The van der Waals surface area contributed by atoms with Crippen molar-refractivity contribution < 1.29 is 19.0 Å². The van der Waals surface area contributed by atoms with Gasteiger partial charge >= 0.3 is 6.09 Å². The molecule has 108 valence electrons. The van der Waals surface area contributed by atoms with Crippen LogP contribution >= 0.6 is 0 Å². The molecule has 0 bridgehead atoms. The summed E-state index contributed by atoms with van der Waals surface area (Å²) < 4.78 is 18.9. The van der Waals surface area contributed by atoms with Crippen LogP contribution in [-0.2, 0) is 0 Å². The second kappa shape index (κ2) is 5.44. The maximum atomic E-state index is 13.3. The fraction of sp³-hybridized carbons (Fsp3) is 0.188. The molecule has 0 saturated heterocycles. The number of carbonyl (C=O) groups is 1. The molecule has 4 nitrogen and oxygen atoms in total. The van der Waals surface area contributed by atoms with Gasteiger partial charge in [0, 0.05) is 12.0 Å². The summed E-state index contributed by atoms with van der Waals surface area (Å²) in [6.07, 6.45) is -0.490. The van der Waals surface area contributed by atoms with Crippen molar-refractivity contribution in [2.45, 2.75) is 12.5 Å². The second-order valence-corrected chi connectivity index (χ2v) is 4.90. The summed E-state index contributed by atoms with van der Waals surface area (Å²) in [4.78, 5) is 10.9. The summed E-state index contributed by atoms with van der Waals surface area (Å²) in [5, 5.41) is 11.4. The van der Waals surface area contributed by atoms with E-state index >= 15 is 0 Å². The topological polar surface area (TPSA) is 58.6 Å². The number of hydrogen-bond acceptors (Lipinski definition) is 2. The quantitative estimate of drug-likeness (QED) is 0.887. The number of hydrogen-bond donors (Lipinski definition) is 2. The maximum absolute atomic E-state index is 13.3. The molecule has 0 aromatic heterocycles. The average molecular weight is 287 g/mol. The third kappa shape index (κ3) is 2.81. The molecule has 0 aliphatic carbocycles. The van der Waals surface area contributed by atoms with Crippen LogP contribution in [0.2, 0.25) is 0 Å². The first-order chi connectivity index (χ1) is 10.1. The number of halogens is 1. The van der Waals surface area contributed by atoms with Crippen LogP contribution < -0.4 is 10.1 Å². The van der Waals surface area contributed by atoms with Gasteiger partial charge in [0.25, 0.3) is 0 Å². The number of benzene rings is 2. The first-order valence-electron chi connectivity index (χ1n) is 6.65. The molecule has 1 atom stereocenters. The van der Waals surface area contributed by atoms with Crippen LogP contribution in [-0.4, -0.2) is 17.8 Å². The van der Waals surface area contributed by atoms with Crippen LogP contribution in [0.3, 0.4) is 0 Å². The monoisotopic (exact) mass is 287 g/mol. The number of fused-ring (bicyclic) bond motifs is 1. The zero-order valence-corrected chi connectivity index (χ0v) is 11.2. The number of nitrogens with one attached hydrogen (secondary N) is 1. The highest BCUT2D eigenvalue weighted by molar-refractivity contribution is 5.68. The molecule has 0 spiro atoms. The zero-order valence-electron chi connectivity index (χ0n) is 11.2. The molecule has 0 fully saturated rings. The lowest BCUT2D eigenvalue weighted by molar-refractivity contribution is 0.182. The van der Waals surface area contributed by atoms with Crippen LogP contribution in [0.1, 0.15) is 18.0 Å². The molecule has 1 aliphatic rings. The van der Waals surface area contributed by atoms with E-state index in [2.05, 4.69) is 5.32 Å². The average Bonchev–Trinajstić information content (AvgIpc) is 2.47. The van der Waals surface area contributed by atoms with Crippen LogP contribution in [0.15, 0.2) is 42.5 Å². The van der Waals surface area contributed by atoms with Gasteiger partial charge in [-0.05, 0) is 35.4 Å². The van der Waals surface area contributed by atoms with E-state index in [-0.39, 0.29) is 11.9 Å². The van der Waals surface area contributed by atoms with E-state index in [0.717, 1.165) is 16.7 Å². The molecule has 2 N–H and O–H groups in total. The van der Waals surface area contributed by atoms with Crippen LogP contribution in [0.25, 0.3) is 11.1 Å². The molecular formula is C16H14FNO3. The Hall–Kier alpha value is -2.56. The van der Waals surface area contributed by atoms with E-state index < -0.39 is 6.09 Å². The highest BCUT2D eigenvalue weighted by Crippen LogP contribution is 2.35. The van der Waals surface area contributed by atoms with E-state index in [4.69, 9.17) is 9.84 Å². The van der Waals surface area contributed by atoms with E-state index in [1.807, 2.05) is 18.2 Å². The van der Waals surface area contributed by atoms with Crippen molar-refractivity contribution in [3.63, 3.8) is 0 Å². The molecule has 2 aromatic carbocycles. The molecule has 2 aromatic rings. The lowest BCUT2D eigenvalue weighted by atomic mass is 9.95. The molecule has 0 radical (unpaired) electrons. The summed E-state index contributed by atoms with van der Waals surface area (Å²) in [5.74, 6) is 0.363. The van der Waals surface area contributed by atoms with Crippen molar-refractivity contribution in [3.8, 4) is 16.9 Å². The first-order valence-corrected chi connectivity index (χ1v) is 6.65. The fourth-order valence-corrected chi connectivity index (χ4v) is 2.54. The van der Waals surface area contributed by atoms with Gasteiger partial charge in [0.05, 0.1) is 12.6 Å². The molecule has 21 heavy (non-hydrogen) atoms. The summed E-state index contributed by atoms with van der Waals surface area (Å²) in [6, 6.07) is 11.5. The van der Waals surface area contributed by atoms with Crippen molar-refractivity contribution in [1.82, 2.24) is 5.32 Å².